The van der Waals surface area contributed by atoms with Crippen LogP contribution in [0.25, 0.3) is 5.69 Å². The van der Waals surface area contributed by atoms with E-state index in [1.165, 1.54) is 4.68 Å². The molecule has 9 nitrogen and oxygen atoms in total. The Labute approximate surface area is 277 Å². The molecule has 3 heterocycles. The second-order valence-electron chi connectivity index (χ2n) is 11.5. The van der Waals surface area contributed by atoms with Crippen molar-refractivity contribution in [2.24, 2.45) is 0 Å². The molecular formula is C33H36Cl3N5O4. The van der Waals surface area contributed by atoms with Crippen molar-refractivity contribution in [1.82, 2.24) is 14.3 Å². The van der Waals surface area contributed by atoms with E-state index in [4.69, 9.17) is 49.0 Å². The van der Waals surface area contributed by atoms with Crippen LogP contribution in [0.3, 0.4) is 0 Å². The van der Waals surface area contributed by atoms with Crippen LogP contribution in [-0.4, -0.2) is 59.8 Å². The quantitative estimate of drug-likeness (QED) is 0.190. The van der Waals surface area contributed by atoms with E-state index in [-0.39, 0.29) is 17.8 Å². The molecule has 0 radical (unpaired) electrons. The third-order valence-corrected chi connectivity index (χ3v) is 9.38. The summed E-state index contributed by atoms with van der Waals surface area (Å²) in [6, 6.07) is 19.2. The van der Waals surface area contributed by atoms with Gasteiger partial charge in [0.2, 0.25) is 0 Å². The molecule has 3 atom stereocenters. The highest BCUT2D eigenvalue weighted by molar-refractivity contribution is 6.35. The topological polar surface area (TPSA) is 74.0 Å². The second kappa shape index (κ2) is 13.3. The fourth-order valence-corrected chi connectivity index (χ4v) is 6.61. The molecule has 2 fully saturated rings. The molecule has 0 bridgehead atoms. The first-order valence-corrected chi connectivity index (χ1v) is 16.2. The van der Waals surface area contributed by atoms with Gasteiger partial charge >= 0.3 is 5.69 Å². The van der Waals surface area contributed by atoms with Crippen LogP contribution in [0.15, 0.2) is 71.8 Å². The molecule has 12 heteroatoms. The van der Waals surface area contributed by atoms with Gasteiger partial charge in [-0.05, 0) is 68.8 Å². The van der Waals surface area contributed by atoms with Gasteiger partial charge in [0.25, 0.3) is 0 Å². The number of halogens is 3. The van der Waals surface area contributed by atoms with E-state index < -0.39 is 5.79 Å². The zero-order chi connectivity index (χ0) is 31.7. The van der Waals surface area contributed by atoms with Crippen molar-refractivity contribution in [3.63, 3.8) is 0 Å². The summed E-state index contributed by atoms with van der Waals surface area (Å²) in [6.07, 6.45) is 2.17. The van der Waals surface area contributed by atoms with Crippen molar-refractivity contribution in [1.29, 1.82) is 0 Å². The maximum absolute atomic E-state index is 12.8. The van der Waals surface area contributed by atoms with E-state index >= 15 is 0 Å². The standard InChI is InChI=1S/C33H36Cl3N5O4/c1-4-22(2)41-32(42)40(21-37-41)25-8-6-24(7-9-25)38-13-15-39(16-14-38)31-12-10-26(18-30(31)36)43-19-27-20-44-33(3,45-27)28-11-5-23(34)17-29(28)35/h5-12,17-18,21-22,27H,4,13-16,19-20H2,1-3H3/t22?,27-,33-/m1/s1. The number of benzene rings is 3. The second-order valence-corrected chi connectivity index (χ2v) is 12.8. The molecule has 0 N–H and O–H groups in total. The molecule has 2 aliphatic rings. The molecule has 238 valence electrons. The minimum atomic E-state index is -0.974. The minimum Gasteiger partial charge on any atom is -0.491 e. The fraction of sp³-hybridized carbons (Fsp3) is 0.394. The Kier molecular flexibility index (Phi) is 9.36. The number of ether oxygens (including phenoxy) is 3. The Morgan fingerprint density at radius 2 is 1.67 bits per heavy atom. The Balaban J connectivity index is 1.02. The fourth-order valence-electron chi connectivity index (χ4n) is 5.74. The van der Waals surface area contributed by atoms with Crippen LogP contribution in [0, 0.1) is 0 Å². The number of hydrogen-bond acceptors (Lipinski definition) is 7. The summed E-state index contributed by atoms with van der Waals surface area (Å²) in [5.74, 6) is -0.309. The number of anilines is 2. The first-order valence-electron chi connectivity index (χ1n) is 15.1. The van der Waals surface area contributed by atoms with Crippen LogP contribution in [0.5, 0.6) is 5.75 Å². The predicted molar refractivity (Wildman–Crippen MR) is 179 cm³/mol. The van der Waals surface area contributed by atoms with Gasteiger partial charge in [-0.2, -0.15) is 5.10 Å². The molecule has 1 aromatic heterocycles. The normalized spacial score (nSPS) is 20.9. The zero-order valence-electron chi connectivity index (χ0n) is 25.5. The maximum atomic E-state index is 12.8. The molecule has 0 amide bonds. The number of hydrogen-bond donors (Lipinski definition) is 0. The summed E-state index contributed by atoms with van der Waals surface area (Å²) < 4.78 is 21.3. The molecular weight excluding hydrogens is 637 g/mol. The van der Waals surface area contributed by atoms with Gasteiger partial charge in [0.1, 0.15) is 24.8 Å². The average molecular weight is 673 g/mol. The van der Waals surface area contributed by atoms with Crippen molar-refractivity contribution in [2.75, 3.05) is 49.2 Å². The summed E-state index contributed by atoms with van der Waals surface area (Å²) in [5, 5.41) is 5.97. The number of aromatic nitrogens is 3. The summed E-state index contributed by atoms with van der Waals surface area (Å²) in [7, 11) is 0. The van der Waals surface area contributed by atoms with Gasteiger partial charge < -0.3 is 24.0 Å². The highest BCUT2D eigenvalue weighted by Crippen LogP contribution is 2.39. The SMILES string of the molecule is CCC(C)n1ncn(-c2ccc(N3CCN(c4ccc(OC[C@@H]5CO[C@@](C)(c6ccc(Cl)cc6Cl)O5)cc4Cl)CC3)cc2)c1=O. The molecule has 0 saturated carbocycles. The lowest BCUT2D eigenvalue weighted by atomic mass is 10.1. The van der Waals surface area contributed by atoms with E-state index in [0.717, 1.165) is 55.2 Å². The monoisotopic (exact) mass is 671 g/mol. The molecule has 1 unspecified atom stereocenters. The lowest BCUT2D eigenvalue weighted by Gasteiger charge is -2.37. The Morgan fingerprint density at radius 1 is 0.956 bits per heavy atom. The van der Waals surface area contributed by atoms with Crippen LogP contribution in [0.4, 0.5) is 11.4 Å². The highest BCUT2D eigenvalue weighted by atomic mass is 35.5. The van der Waals surface area contributed by atoms with E-state index in [9.17, 15) is 4.79 Å². The summed E-state index contributed by atoms with van der Waals surface area (Å²) in [4.78, 5) is 17.4. The van der Waals surface area contributed by atoms with Crippen molar-refractivity contribution >= 4 is 46.2 Å². The molecule has 6 rings (SSSR count). The van der Waals surface area contributed by atoms with Crippen LogP contribution in [0.2, 0.25) is 15.1 Å². The molecule has 4 aromatic rings. The lowest BCUT2D eigenvalue weighted by Crippen LogP contribution is -2.46. The van der Waals surface area contributed by atoms with E-state index in [1.54, 1.807) is 23.0 Å². The van der Waals surface area contributed by atoms with Crippen molar-refractivity contribution in [3.8, 4) is 11.4 Å². The molecule has 0 spiro atoms. The van der Waals surface area contributed by atoms with Gasteiger partial charge in [0.15, 0.2) is 5.79 Å². The first kappa shape index (κ1) is 31.8. The van der Waals surface area contributed by atoms with Gasteiger partial charge in [-0.1, -0.05) is 47.8 Å². The minimum absolute atomic E-state index is 0.0618. The molecule has 2 aliphatic heterocycles. The van der Waals surface area contributed by atoms with E-state index in [2.05, 4.69) is 27.0 Å². The molecule has 2 saturated heterocycles. The molecule has 45 heavy (non-hydrogen) atoms. The van der Waals surface area contributed by atoms with Crippen LogP contribution in [0.1, 0.15) is 38.8 Å². The summed E-state index contributed by atoms with van der Waals surface area (Å²) in [5.41, 5.74) is 3.49. The summed E-state index contributed by atoms with van der Waals surface area (Å²) in [6.45, 7) is 9.89. The number of rotatable bonds is 9. The number of nitrogens with zero attached hydrogens (tertiary/aromatic N) is 5. The first-order chi connectivity index (χ1) is 21.6. The predicted octanol–water partition coefficient (Wildman–Crippen LogP) is 6.96. The van der Waals surface area contributed by atoms with Gasteiger partial charge in [-0.15, -0.1) is 0 Å². The number of piperazine rings is 1. The zero-order valence-corrected chi connectivity index (χ0v) is 27.7. The Morgan fingerprint density at radius 3 is 2.36 bits per heavy atom. The van der Waals surface area contributed by atoms with Crippen molar-refractivity contribution in [3.05, 3.63) is 98.1 Å². The molecule has 3 aromatic carbocycles. The third kappa shape index (κ3) is 6.69. The smallest absolute Gasteiger partial charge is 0.350 e. The van der Waals surface area contributed by atoms with Gasteiger partial charge in [0.05, 0.1) is 34.1 Å². The highest BCUT2D eigenvalue weighted by Gasteiger charge is 2.40. The van der Waals surface area contributed by atoms with E-state index in [0.29, 0.717) is 34.0 Å². The van der Waals surface area contributed by atoms with Gasteiger partial charge in [-0.3, -0.25) is 0 Å². The average Bonchev–Trinajstić information content (AvgIpc) is 3.62. The van der Waals surface area contributed by atoms with Crippen molar-refractivity contribution in [2.45, 2.75) is 45.1 Å². The third-order valence-electron chi connectivity index (χ3n) is 8.53. The van der Waals surface area contributed by atoms with Crippen LogP contribution in [-0.2, 0) is 15.3 Å². The van der Waals surface area contributed by atoms with E-state index in [1.807, 2.05) is 57.2 Å². The Bertz CT molecular complexity index is 1700. The van der Waals surface area contributed by atoms with Gasteiger partial charge in [-0.25, -0.2) is 14.0 Å². The van der Waals surface area contributed by atoms with Crippen molar-refractivity contribution < 1.29 is 14.2 Å². The largest absolute Gasteiger partial charge is 0.491 e. The molecule has 0 aliphatic carbocycles. The van der Waals surface area contributed by atoms with Crippen LogP contribution >= 0.6 is 34.8 Å². The van der Waals surface area contributed by atoms with Crippen LogP contribution < -0.4 is 20.2 Å². The Hall–Kier alpha value is -3.21. The van der Waals surface area contributed by atoms with Gasteiger partial charge in [0, 0.05) is 48.5 Å². The summed E-state index contributed by atoms with van der Waals surface area (Å²) >= 11 is 19.2. The maximum Gasteiger partial charge on any atom is 0.350 e. The lowest BCUT2D eigenvalue weighted by molar-refractivity contribution is -0.164.